The van der Waals surface area contributed by atoms with E-state index < -0.39 is 194 Å². The lowest BCUT2D eigenvalue weighted by Gasteiger charge is -2.22. The number of hydrogen-bond donors (Lipinski definition) is 0. The molecule has 0 spiro atoms. The Labute approximate surface area is 256 Å². The Balaban J connectivity index is 1.53. The molecule has 0 N–H and O–H groups in total. The highest BCUT2D eigenvalue weighted by atomic mass is 16.5. The second-order valence-electron chi connectivity index (χ2n) is 8.76. The predicted octanol–water partition coefficient (Wildman–Crippen LogP) is 10.8. The summed E-state index contributed by atoms with van der Waals surface area (Å²) in [6.45, 7) is 0. The van der Waals surface area contributed by atoms with E-state index >= 15 is 0 Å². The molecule has 0 fully saturated rings. The predicted molar refractivity (Wildman–Crippen MR) is 164 cm³/mol. The van der Waals surface area contributed by atoms with Gasteiger partial charge in [-0.2, -0.15) is 0 Å². The van der Waals surface area contributed by atoms with Gasteiger partial charge in [0.1, 0.15) is 11.5 Å². The third-order valence-corrected chi connectivity index (χ3v) is 6.70. The van der Waals surface area contributed by atoms with Gasteiger partial charge in [-0.1, -0.05) is 115 Å². The Morgan fingerprint density at radius 1 is 0.385 bits per heavy atom. The van der Waals surface area contributed by atoms with Crippen molar-refractivity contribution in [2.45, 2.75) is 0 Å². The second kappa shape index (κ2) is 7.69. The van der Waals surface area contributed by atoms with Gasteiger partial charge < -0.3 is 4.74 Å². The first-order valence-corrected chi connectivity index (χ1v) is 11.7. The molecule has 0 aliphatic carbocycles. The van der Waals surface area contributed by atoms with Crippen molar-refractivity contribution in [3.63, 3.8) is 0 Å². The molecule has 1 aliphatic heterocycles. The van der Waals surface area contributed by atoms with Crippen LogP contribution in [0.15, 0.2) is 133 Å². The van der Waals surface area contributed by atoms with Crippen molar-refractivity contribution < 1.29 is 34.9 Å². The van der Waals surface area contributed by atoms with E-state index in [1.165, 1.54) is 0 Å². The molecule has 9 rings (SSSR count). The summed E-state index contributed by atoms with van der Waals surface area (Å²) in [4.78, 5) is 0. The second-order valence-corrected chi connectivity index (χ2v) is 8.76. The van der Waals surface area contributed by atoms with Gasteiger partial charge >= 0.3 is 0 Å². The van der Waals surface area contributed by atoms with Crippen LogP contribution in [0, 0.1) is 0 Å². The molecule has 1 heteroatoms. The molecular weight excluding hydrogens is 472 g/mol. The molecule has 0 saturated heterocycles. The van der Waals surface area contributed by atoms with Crippen LogP contribution in [0.25, 0.3) is 76.5 Å². The minimum atomic E-state index is -0.858. The molecule has 0 amide bonds. The topological polar surface area (TPSA) is 9.23 Å². The van der Waals surface area contributed by atoms with E-state index in [2.05, 4.69) is 0 Å². The number of ether oxygens (including phenoxy) is 1. The van der Waals surface area contributed by atoms with Gasteiger partial charge in [-0.15, -0.1) is 0 Å². The summed E-state index contributed by atoms with van der Waals surface area (Å²) in [5, 5.41) is -3.12. The maximum Gasteiger partial charge on any atom is 0.135 e. The Bertz CT molecular complexity index is 3430. The number of fused-ring (bicyclic) bond motifs is 2. The van der Waals surface area contributed by atoms with Gasteiger partial charge in [-0.25, -0.2) is 0 Å². The molecule has 0 bridgehead atoms. The van der Waals surface area contributed by atoms with E-state index in [4.69, 9.17) is 25.3 Å². The lowest BCUT2D eigenvalue weighted by atomic mass is 9.86. The monoisotopic (exact) mass is 516 g/mol. The van der Waals surface area contributed by atoms with Gasteiger partial charge in [0.2, 0.25) is 0 Å². The van der Waals surface area contributed by atoms with Gasteiger partial charge in [0.05, 0.1) is 30.2 Å². The van der Waals surface area contributed by atoms with Crippen molar-refractivity contribution in [3.8, 4) is 44.9 Å². The number of rotatable bonds is 2. The summed E-state index contributed by atoms with van der Waals surface area (Å²) >= 11 is 0. The average molecular weight is 517 g/mol. The zero-order valence-electron chi connectivity index (χ0n) is 41.4. The lowest BCUT2D eigenvalue weighted by Crippen LogP contribution is -1.97. The Hall–Kier alpha value is -5.14. The Kier molecular flexibility index (Phi) is 1.77. The molecule has 1 nitrogen and oxygen atoms in total. The highest BCUT2D eigenvalue weighted by molar-refractivity contribution is 6.27. The van der Waals surface area contributed by atoms with Crippen molar-refractivity contribution in [3.05, 3.63) is 133 Å². The fourth-order valence-electron chi connectivity index (χ4n) is 5.02. The van der Waals surface area contributed by atoms with Gasteiger partial charge in [-0.3, -0.25) is 0 Å². The molecule has 8 aromatic carbocycles. The highest BCUT2D eigenvalue weighted by Crippen LogP contribution is 2.48. The minimum absolute atomic E-state index is 0.269. The van der Waals surface area contributed by atoms with Gasteiger partial charge in [-0.05, 0) is 83.6 Å². The fourth-order valence-corrected chi connectivity index (χ4v) is 5.02. The van der Waals surface area contributed by atoms with Crippen LogP contribution < -0.4 is 4.74 Å². The molecule has 0 saturated carbocycles. The molecule has 180 valence electrons. The lowest BCUT2D eigenvalue weighted by molar-refractivity contribution is 0.487. The molecular formula is C38H22O. The average Bonchev–Trinajstić information content (AvgIpc) is 3.22. The summed E-state index contributed by atoms with van der Waals surface area (Å²) in [7, 11) is 0. The van der Waals surface area contributed by atoms with Gasteiger partial charge in [0.15, 0.2) is 0 Å². The van der Waals surface area contributed by atoms with E-state index in [9.17, 15) is 9.60 Å². The van der Waals surface area contributed by atoms with Gasteiger partial charge in [0.25, 0.3) is 0 Å². The molecule has 0 atom stereocenters. The summed E-state index contributed by atoms with van der Waals surface area (Å²) in [5.74, 6) is -1.04. The van der Waals surface area contributed by atoms with Crippen molar-refractivity contribution in [2.24, 2.45) is 0 Å². The van der Waals surface area contributed by atoms with Crippen LogP contribution in [0.4, 0.5) is 0 Å². The molecule has 8 aromatic rings. The normalized spacial score (nSPS) is 20.2. The quantitative estimate of drug-likeness (QED) is 0.208. The van der Waals surface area contributed by atoms with Crippen LogP contribution in [0.5, 0.6) is 11.5 Å². The van der Waals surface area contributed by atoms with Crippen LogP contribution in [0.3, 0.4) is 0 Å². The Morgan fingerprint density at radius 2 is 1.03 bits per heavy atom. The molecule has 1 heterocycles. The SMILES string of the molecule is [2H]c1c([2H])c([2H])c(-c2c([2H])c([2H])c3c([2H])c([2H])c4c(-c5c([2H])c([2H])c6c(c5[2H])-c5c([2H])c([2H])c([2H])c7c([2H])c([2H])c([2H])c(c57)O6)c([2H])c([2H])c5c([2H])c([2H])c2c3c54)c([2H])c1[2H]. The van der Waals surface area contributed by atoms with E-state index in [-0.39, 0.29) is 27.1 Å². The summed E-state index contributed by atoms with van der Waals surface area (Å²) in [6, 6.07) is -16.9. The fraction of sp³-hybridized carbons (Fsp3) is 0. The van der Waals surface area contributed by atoms with E-state index in [0.29, 0.717) is 0 Å². The molecule has 0 radical (unpaired) electrons. The maximum absolute atomic E-state index is 9.62. The molecule has 0 aromatic heterocycles. The highest BCUT2D eigenvalue weighted by Gasteiger charge is 2.21. The number of hydrogen-bond acceptors (Lipinski definition) is 1. The zero-order chi connectivity index (χ0) is 44.6. The number of benzene rings is 8. The van der Waals surface area contributed by atoms with E-state index in [1.807, 2.05) is 0 Å². The van der Waals surface area contributed by atoms with Crippen LogP contribution in [0.2, 0.25) is 0 Å². The molecule has 0 unspecified atom stereocenters. The van der Waals surface area contributed by atoms with Crippen molar-refractivity contribution >= 4 is 43.1 Å². The van der Waals surface area contributed by atoms with E-state index in [0.717, 1.165) is 0 Å². The smallest absolute Gasteiger partial charge is 0.135 e. The van der Waals surface area contributed by atoms with E-state index in [1.54, 1.807) is 0 Å². The summed E-state index contributed by atoms with van der Waals surface area (Å²) < 4.78 is 201. The van der Waals surface area contributed by atoms with Crippen LogP contribution in [-0.4, -0.2) is 0 Å². The third kappa shape index (κ3) is 2.90. The van der Waals surface area contributed by atoms with Crippen molar-refractivity contribution in [1.29, 1.82) is 0 Å². The minimum Gasteiger partial charge on any atom is -0.456 e. The Morgan fingerprint density at radius 3 is 1.77 bits per heavy atom. The van der Waals surface area contributed by atoms with Crippen LogP contribution in [0.1, 0.15) is 30.2 Å². The zero-order valence-corrected chi connectivity index (χ0v) is 19.4. The summed E-state index contributed by atoms with van der Waals surface area (Å²) in [6.07, 6.45) is 0. The first-order chi connectivity index (χ1) is 28.5. The van der Waals surface area contributed by atoms with Crippen LogP contribution >= 0.6 is 0 Å². The van der Waals surface area contributed by atoms with Gasteiger partial charge in [0, 0.05) is 10.9 Å². The first kappa shape index (κ1) is 8.97. The summed E-state index contributed by atoms with van der Waals surface area (Å²) in [5.41, 5.74) is -3.21. The third-order valence-electron chi connectivity index (χ3n) is 6.70. The first-order valence-electron chi connectivity index (χ1n) is 22.7. The standard InChI is InChI=1S/C38H22O/c1-2-6-23(7-3-1)28-17-12-25-15-20-32-29(18-13-26-14-19-31(28)37(25)38(26)32)27-16-21-34-33(22-27)30-10-4-8-24-9-5-11-35(39-34)36(24)30/h1-22H/i1D,2D,3D,4D,5D,6D,7D,8D,9D,10D,11D,12D,13D,14D,15D,16D,17D,18D,19D,20D,21D,22D. The van der Waals surface area contributed by atoms with Crippen LogP contribution in [-0.2, 0) is 0 Å². The molecule has 1 aliphatic rings. The van der Waals surface area contributed by atoms with Crippen molar-refractivity contribution in [2.75, 3.05) is 0 Å². The largest absolute Gasteiger partial charge is 0.456 e. The maximum atomic E-state index is 9.62. The molecule has 39 heavy (non-hydrogen) atoms. The van der Waals surface area contributed by atoms with Crippen molar-refractivity contribution in [1.82, 2.24) is 0 Å².